The normalized spacial score (nSPS) is 14.2. The van der Waals surface area contributed by atoms with E-state index in [1.165, 1.54) is 24.3 Å². The number of piperazine rings is 1. The molecule has 2 heterocycles. The van der Waals surface area contributed by atoms with Crippen LogP contribution in [-0.2, 0) is 10.0 Å². The lowest BCUT2D eigenvalue weighted by molar-refractivity contribution is 0.0948. The second-order valence-electron chi connectivity index (χ2n) is 8.77. The number of sulfonamides is 1. The topological polar surface area (TPSA) is 94.6 Å². The Hall–Kier alpha value is -2.60. The van der Waals surface area contributed by atoms with Crippen LogP contribution in [0, 0.1) is 0 Å². The van der Waals surface area contributed by atoms with Crippen LogP contribution in [0.2, 0.25) is 10.0 Å². The fourth-order valence-electron chi connectivity index (χ4n) is 4.21. The number of carbonyl (C=O) groups is 1. The van der Waals surface area contributed by atoms with Crippen LogP contribution in [0.5, 0.6) is 0 Å². The summed E-state index contributed by atoms with van der Waals surface area (Å²) < 4.78 is 29.2. The van der Waals surface area contributed by atoms with E-state index in [4.69, 9.17) is 28.2 Å². The van der Waals surface area contributed by atoms with Gasteiger partial charge in [0.15, 0.2) is 5.13 Å². The average Bonchev–Trinajstić information content (AvgIpc) is 3.35. The minimum Gasteiger partial charge on any atom is -0.351 e. The van der Waals surface area contributed by atoms with Crippen LogP contribution in [-0.4, -0.2) is 63.5 Å². The number of amides is 1. The number of nitrogens with zero attached hydrogens (tertiary/aromatic N) is 3. The summed E-state index contributed by atoms with van der Waals surface area (Å²) in [6, 6.07) is 18.2. The molecule has 1 saturated heterocycles. The predicted molar refractivity (Wildman–Crippen MR) is 162 cm³/mol. The van der Waals surface area contributed by atoms with Gasteiger partial charge in [-0.2, -0.15) is 0 Å². The Morgan fingerprint density at radius 2 is 1.67 bits per heavy atom. The molecular weight excluding hydrogens is 601 g/mol. The third-order valence-electron chi connectivity index (χ3n) is 6.25. The van der Waals surface area contributed by atoms with Crippen molar-refractivity contribution >= 4 is 83.9 Å². The van der Waals surface area contributed by atoms with Gasteiger partial charge in [-0.1, -0.05) is 52.7 Å². The van der Waals surface area contributed by atoms with E-state index >= 15 is 0 Å². The maximum atomic E-state index is 12.9. The summed E-state index contributed by atoms with van der Waals surface area (Å²) in [5, 5.41) is 4.99. The summed E-state index contributed by atoms with van der Waals surface area (Å²) in [7, 11) is -3.88. The van der Waals surface area contributed by atoms with Gasteiger partial charge in [0.2, 0.25) is 0 Å². The van der Waals surface area contributed by atoms with Crippen molar-refractivity contribution in [1.29, 1.82) is 0 Å². The largest absolute Gasteiger partial charge is 0.351 e. The first-order chi connectivity index (χ1) is 18.3. The molecule has 1 fully saturated rings. The summed E-state index contributed by atoms with van der Waals surface area (Å²) in [5.41, 5.74) is 1.31. The first-order valence-corrected chi connectivity index (χ1v) is 15.0. The quantitative estimate of drug-likeness (QED) is 0.273. The van der Waals surface area contributed by atoms with Gasteiger partial charge >= 0.3 is 0 Å². The lowest BCUT2D eigenvalue weighted by atomic mass is 10.1. The first-order valence-electron chi connectivity index (χ1n) is 12.0. The number of anilines is 2. The minimum atomic E-state index is -3.88. The Morgan fingerprint density at radius 3 is 2.38 bits per heavy atom. The van der Waals surface area contributed by atoms with Gasteiger partial charge in [0.25, 0.3) is 15.9 Å². The fraction of sp³-hybridized carbons (Fsp3) is 0.231. The number of para-hydroxylation sites is 2. The Morgan fingerprint density at radius 1 is 0.949 bits per heavy atom. The molecule has 0 spiro atoms. The zero-order valence-corrected chi connectivity index (χ0v) is 24.6. The van der Waals surface area contributed by atoms with Crippen molar-refractivity contribution in [2.75, 3.05) is 48.9 Å². The van der Waals surface area contributed by atoms with Gasteiger partial charge in [-0.15, -0.1) is 12.4 Å². The van der Waals surface area contributed by atoms with Crippen molar-refractivity contribution in [3.05, 3.63) is 82.3 Å². The van der Waals surface area contributed by atoms with Crippen molar-refractivity contribution < 1.29 is 13.2 Å². The number of fused-ring (bicyclic) bond motifs is 1. The maximum absolute atomic E-state index is 12.9. The smallest absolute Gasteiger partial charge is 0.261 e. The molecule has 1 aliphatic heterocycles. The SMILES string of the molecule is Cl.O=C(NCCN1CCN(c2nc3c(Cl)cccc3s2)CC1)c1ccccc1NS(=O)(=O)c1ccc(Cl)cc1. The molecule has 0 unspecified atom stereocenters. The number of benzene rings is 3. The molecular formula is C26H26Cl3N5O3S2. The van der Waals surface area contributed by atoms with E-state index in [9.17, 15) is 13.2 Å². The van der Waals surface area contributed by atoms with Crippen LogP contribution in [0.1, 0.15) is 10.4 Å². The highest BCUT2D eigenvalue weighted by atomic mass is 35.5. The van der Waals surface area contributed by atoms with E-state index in [0.29, 0.717) is 23.1 Å². The van der Waals surface area contributed by atoms with Crippen molar-refractivity contribution in [1.82, 2.24) is 15.2 Å². The number of carbonyl (C=O) groups excluding carboxylic acids is 1. The number of halogens is 3. The number of hydrogen-bond donors (Lipinski definition) is 2. The van der Waals surface area contributed by atoms with Gasteiger partial charge in [-0.05, 0) is 48.5 Å². The van der Waals surface area contributed by atoms with Crippen LogP contribution in [0.15, 0.2) is 71.6 Å². The van der Waals surface area contributed by atoms with E-state index in [-0.39, 0.29) is 34.5 Å². The van der Waals surface area contributed by atoms with Gasteiger partial charge in [-0.25, -0.2) is 13.4 Å². The highest BCUT2D eigenvalue weighted by molar-refractivity contribution is 7.92. The van der Waals surface area contributed by atoms with Crippen LogP contribution < -0.4 is 14.9 Å². The summed E-state index contributed by atoms with van der Waals surface area (Å²) in [6.07, 6.45) is 0. The molecule has 3 aromatic carbocycles. The van der Waals surface area contributed by atoms with Gasteiger partial charge in [0.05, 0.1) is 25.9 Å². The predicted octanol–water partition coefficient (Wildman–Crippen LogP) is 5.38. The third-order valence-corrected chi connectivity index (χ3v) is 9.27. The summed E-state index contributed by atoms with van der Waals surface area (Å²) in [4.78, 5) is 22.2. The molecule has 0 radical (unpaired) electrons. The number of aromatic nitrogens is 1. The highest BCUT2D eigenvalue weighted by Gasteiger charge is 2.21. The Balaban J connectivity index is 0.00000353. The molecule has 39 heavy (non-hydrogen) atoms. The van der Waals surface area contributed by atoms with E-state index in [1.807, 2.05) is 18.2 Å². The molecule has 13 heteroatoms. The molecule has 0 atom stereocenters. The summed E-state index contributed by atoms with van der Waals surface area (Å²) in [5.74, 6) is -0.343. The average molecular weight is 627 g/mol. The zero-order valence-electron chi connectivity index (χ0n) is 20.6. The second-order valence-corrected chi connectivity index (χ2v) is 12.3. The van der Waals surface area contributed by atoms with Crippen molar-refractivity contribution in [3.8, 4) is 0 Å². The molecule has 1 aliphatic rings. The molecule has 1 amide bonds. The van der Waals surface area contributed by atoms with Crippen molar-refractivity contribution in [2.24, 2.45) is 0 Å². The molecule has 8 nitrogen and oxygen atoms in total. The lowest BCUT2D eigenvalue weighted by Gasteiger charge is -2.34. The Labute approximate surface area is 247 Å². The van der Waals surface area contributed by atoms with Gasteiger partial charge < -0.3 is 10.2 Å². The number of hydrogen-bond acceptors (Lipinski definition) is 7. The van der Waals surface area contributed by atoms with E-state index < -0.39 is 10.0 Å². The lowest BCUT2D eigenvalue weighted by Crippen LogP contribution is -2.48. The minimum absolute atomic E-state index is 0. The molecule has 0 aliphatic carbocycles. The molecule has 4 aromatic rings. The molecule has 0 bridgehead atoms. The Kier molecular flexibility index (Phi) is 9.58. The van der Waals surface area contributed by atoms with Gasteiger partial charge in [0, 0.05) is 44.3 Å². The van der Waals surface area contributed by atoms with Crippen molar-refractivity contribution in [3.63, 3.8) is 0 Å². The third kappa shape index (κ3) is 6.95. The first kappa shape index (κ1) is 29.4. The van der Waals surface area contributed by atoms with E-state index in [1.54, 1.807) is 35.6 Å². The fourth-order valence-corrected chi connectivity index (χ4v) is 6.73. The Bertz CT molecular complexity index is 1560. The van der Waals surface area contributed by atoms with Crippen LogP contribution in [0.4, 0.5) is 10.8 Å². The number of rotatable bonds is 8. The monoisotopic (exact) mass is 625 g/mol. The van der Waals surface area contributed by atoms with Crippen LogP contribution in [0.3, 0.4) is 0 Å². The standard InChI is InChI=1S/C26H25Cl2N5O3S2.ClH/c27-18-8-10-19(11-9-18)38(35,36)31-22-6-2-1-4-20(22)25(34)29-12-13-32-14-16-33(17-15-32)26-30-24-21(28)5-3-7-23(24)37-26;/h1-11,31H,12-17H2,(H,29,34);1H. The number of nitrogens with one attached hydrogen (secondary N) is 2. The second kappa shape index (κ2) is 12.7. The molecule has 206 valence electrons. The van der Waals surface area contributed by atoms with Crippen LogP contribution in [0.25, 0.3) is 10.2 Å². The molecule has 2 N–H and O–H groups in total. The number of thiazole rings is 1. The van der Waals surface area contributed by atoms with Gasteiger partial charge in [-0.3, -0.25) is 14.4 Å². The molecule has 0 saturated carbocycles. The van der Waals surface area contributed by atoms with Crippen molar-refractivity contribution in [2.45, 2.75) is 4.90 Å². The van der Waals surface area contributed by atoms with E-state index in [2.05, 4.69) is 19.8 Å². The van der Waals surface area contributed by atoms with E-state index in [0.717, 1.165) is 41.5 Å². The zero-order chi connectivity index (χ0) is 26.7. The summed E-state index contributed by atoms with van der Waals surface area (Å²) in [6.45, 7) is 4.48. The summed E-state index contributed by atoms with van der Waals surface area (Å²) >= 11 is 13.8. The maximum Gasteiger partial charge on any atom is 0.261 e. The highest BCUT2D eigenvalue weighted by Crippen LogP contribution is 2.33. The molecule has 1 aromatic heterocycles. The van der Waals surface area contributed by atoms with Gasteiger partial charge in [0.1, 0.15) is 5.52 Å². The molecule has 5 rings (SSSR count). The van der Waals surface area contributed by atoms with Crippen LogP contribution >= 0.6 is 46.9 Å².